The fourth-order valence-electron chi connectivity index (χ4n) is 4.11. The van der Waals surface area contributed by atoms with E-state index in [1.54, 1.807) is 11.9 Å². The zero-order valence-electron chi connectivity index (χ0n) is 19.6. The molecule has 1 amide bonds. The van der Waals surface area contributed by atoms with Crippen molar-refractivity contribution in [3.8, 4) is 0 Å². The lowest BCUT2D eigenvalue weighted by molar-refractivity contribution is 0.0746. The third-order valence-corrected chi connectivity index (χ3v) is 7.01. The van der Waals surface area contributed by atoms with Crippen molar-refractivity contribution in [3.05, 3.63) is 89.5 Å². The van der Waals surface area contributed by atoms with Crippen molar-refractivity contribution in [1.29, 1.82) is 0 Å². The summed E-state index contributed by atoms with van der Waals surface area (Å²) in [5.41, 5.74) is 5.50. The number of benzene rings is 3. The third-order valence-electron chi connectivity index (χ3n) is 6.19. The van der Waals surface area contributed by atoms with Crippen LogP contribution in [0, 0.1) is 6.92 Å². The van der Waals surface area contributed by atoms with Gasteiger partial charge in [-0.2, -0.15) is 0 Å². The Labute approximate surface area is 202 Å². The van der Waals surface area contributed by atoms with Gasteiger partial charge < -0.3 is 14.5 Å². The van der Waals surface area contributed by atoms with Gasteiger partial charge in [0.1, 0.15) is 0 Å². The second-order valence-electron chi connectivity index (χ2n) is 8.60. The summed E-state index contributed by atoms with van der Waals surface area (Å²) in [6.07, 6.45) is 3.57. The molecular formula is C28H33N3OS. The van der Waals surface area contributed by atoms with Gasteiger partial charge in [-0.1, -0.05) is 49.7 Å². The molecule has 33 heavy (non-hydrogen) atoms. The van der Waals surface area contributed by atoms with E-state index >= 15 is 0 Å². The predicted molar refractivity (Wildman–Crippen MR) is 140 cm³/mol. The third kappa shape index (κ3) is 6.11. The van der Waals surface area contributed by atoms with Gasteiger partial charge in [0.2, 0.25) is 0 Å². The Balaban J connectivity index is 1.35. The Morgan fingerprint density at radius 2 is 1.67 bits per heavy atom. The molecule has 0 spiro atoms. The molecule has 172 valence electrons. The monoisotopic (exact) mass is 459 g/mol. The zero-order valence-corrected chi connectivity index (χ0v) is 20.4. The largest absolute Gasteiger partial charge is 0.368 e. The van der Waals surface area contributed by atoms with Crippen LogP contribution in [0.4, 0.5) is 11.4 Å². The molecule has 0 aromatic heterocycles. The number of rotatable bonds is 8. The number of carbonyl (C=O) groups is 1. The van der Waals surface area contributed by atoms with Gasteiger partial charge in [-0.3, -0.25) is 4.79 Å². The number of carbonyl (C=O) groups excluding carboxylic acids is 1. The highest BCUT2D eigenvalue weighted by molar-refractivity contribution is 8.00. The SMILES string of the molecule is CCCCc1ccc(NSc2ccc(C)c(C(=O)N3CCN(c4ccccc4)CC3)c2)cc1. The molecule has 1 N–H and O–H groups in total. The molecular weight excluding hydrogens is 426 g/mol. The smallest absolute Gasteiger partial charge is 0.254 e. The van der Waals surface area contributed by atoms with Crippen LogP contribution < -0.4 is 9.62 Å². The number of piperazine rings is 1. The van der Waals surface area contributed by atoms with E-state index in [0.29, 0.717) is 0 Å². The molecule has 0 saturated carbocycles. The first-order chi connectivity index (χ1) is 16.1. The summed E-state index contributed by atoms with van der Waals surface area (Å²) in [5, 5.41) is 0. The maximum absolute atomic E-state index is 13.3. The Morgan fingerprint density at radius 1 is 0.939 bits per heavy atom. The van der Waals surface area contributed by atoms with Crippen molar-refractivity contribution in [2.24, 2.45) is 0 Å². The van der Waals surface area contributed by atoms with Crippen LogP contribution in [-0.2, 0) is 6.42 Å². The minimum atomic E-state index is 0.128. The number of aryl methyl sites for hydroxylation is 2. The molecule has 5 heteroatoms. The van der Waals surface area contributed by atoms with Crippen molar-refractivity contribution >= 4 is 29.2 Å². The number of para-hydroxylation sites is 1. The van der Waals surface area contributed by atoms with Crippen LogP contribution in [-0.4, -0.2) is 37.0 Å². The van der Waals surface area contributed by atoms with Gasteiger partial charge in [0.15, 0.2) is 0 Å². The van der Waals surface area contributed by atoms with E-state index in [1.807, 2.05) is 30.0 Å². The average molecular weight is 460 g/mol. The number of nitrogens with one attached hydrogen (secondary N) is 1. The van der Waals surface area contributed by atoms with Crippen molar-refractivity contribution in [1.82, 2.24) is 4.90 Å². The van der Waals surface area contributed by atoms with E-state index in [2.05, 4.69) is 71.1 Å². The molecule has 0 unspecified atom stereocenters. The van der Waals surface area contributed by atoms with Crippen LogP contribution in [0.25, 0.3) is 0 Å². The van der Waals surface area contributed by atoms with Gasteiger partial charge in [0, 0.05) is 48.0 Å². The van der Waals surface area contributed by atoms with Crippen LogP contribution in [0.2, 0.25) is 0 Å². The molecule has 4 rings (SSSR count). The van der Waals surface area contributed by atoms with Gasteiger partial charge in [0.25, 0.3) is 5.91 Å². The number of amides is 1. The van der Waals surface area contributed by atoms with Crippen molar-refractivity contribution < 1.29 is 4.79 Å². The van der Waals surface area contributed by atoms with Crippen LogP contribution in [0.1, 0.15) is 41.3 Å². The number of hydrogen-bond donors (Lipinski definition) is 1. The van der Waals surface area contributed by atoms with E-state index in [1.165, 1.54) is 24.1 Å². The van der Waals surface area contributed by atoms with E-state index in [9.17, 15) is 4.79 Å². The van der Waals surface area contributed by atoms with Crippen LogP contribution in [0.5, 0.6) is 0 Å². The second kappa shape index (κ2) is 11.3. The molecule has 0 radical (unpaired) electrons. The molecule has 1 aliphatic heterocycles. The summed E-state index contributed by atoms with van der Waals surface area (Å²) in [6, 6.07) is 25.2. The first-order valence-electron chi connectivity index (χ1n) is 11.9. The predicted octanol–water partition coefficient (Wildman–Crippen LogP) is 6.42. The number of nitrogens with zero attached hydrogens (tertiary/aromatic N) is 2. The maximum Gasteiger partial charge on any atom is 0.254 e. The van der Waals surface area contributed by atoms with Crippen LogP contribution >= 0.6 is 11.9 Å². The number of anilines is 2. The highest BCUT2D eigenvalue weighted by Gasteiger charge is 2.23. The Bertz CT molecular complexity index is 1040. The summed E-state index contributed by atoms with van der Waals surface area (Å²) >= 11 is 1.55. The lowest BCUT2D eigenvalue weighted by Gasteiger charge is -2.36. The summed E-state index contributed by atoms with van der Waals surface area (Å²) in [5.74, 6) is 0.128. The molecule has 3 aromatic rings. The molecule has 3 aromatic carbocycles. The molecule has 1 heterocycles. The fraction of sp³-hybridized carbons (Fsp3) is 0.321. The number of unbranched alkanes of at least 4 members (excludes halogenated alkanes) is 1. The Kier molecular flexibility index (Phi) is 7.95. The standard InChI is InChI=1S/C28H33N3OS/c1-3-4-8-23-12-14-24(15-13-23)29-33-26-16-11-22(2)27(21-26)28(32)31-19-17-30(18-20-31)25-9-6-5-7-10-25/h5-7,9-16,21,29H,3-4,8,17-20H2,1-2H3. The minimum Gasteiger partial charge on any atom is -0.368 e. The normalized spacial score (nSPS) is 13.8. The molecule has 4 nitrogen and oxygen atoms in total. The molecule has 1 saturated heterocycles. The molecule has 1 fully saturated rings. The Hall–Kier alpha value is -2.92. The highest BCUT2D eigenvalue weighted by atomic mass is 32.2. The van der Waals surface area contributed by atoms with E-state index < -0.39 is 0 Å². The lowest BCUT2D eigenvalue weighted by Crippen LogP contribution is -2.48. The first kappa shape index (κ1) is 23.2. The zero-order chi connectivity index (χ0) is 23.0. The molecule has 0 aliphatic carbocycles. The summed E-state index contributed by atoms with van der Waals surface area (Å²) in [7, 11) is 0. The van der Waals surface area contributed by atoms with E-state index in [4.69, 9.17) is 0 Å². The molecule has 0 bridgehead atoms. The van der Waals surface area contributed by atoms with Crippen molar-refractivity contribution in [3.63, 3.8) is 0 Å². The summed E-state index contributed by atoms with van der Waals surface area (Å²) in [4.78, 5) is 18.7. The number of hydrogen-bond acceptors (Lipinski definition) is 4. The van der Waals surface area contributed by atoms with Crippen molar-refractivity contribution in [2.75, 3.05) is 35.8 Å². The Morgan fingerprint density at radius 3 is 2.36 bits per heavy atom. The van der Waals surface area contributed by atoms with Crippen LogP contribution in [0.3, 0.4) is 0 Å². The van der Waals surface area contributed by atoms with Crippen molar-refractivity contribution in [2.45, 2.75) is 38.0 Å². The van der Waals surface area contributed by atoms with Gasteiger partial charge in [-0.25, -0.2) is 0 Å². The van der Waals surface area contributed by atoms with Gasteiger partial charge in [-0.05, 0) is 79.2 Å². The highest BCUT2D eigenvalue weighted by Crippen LogP contribution is 2.25. The summed E-state index contributed by atoms with van der Waals surface area (Å²) < 4.78 is 3.42. The van der Waals surface area contributed by atoms with Gasteiger partial charge in [0.05, 0.1) is 0 Å². The fourth-order valence-corrected chi connectivity index (χ4v) is 4.79. The molecule has 0 atom stereocenters. The van der Waals surface area contributed by atoms with Gasteiger partial charge >= 0.3 is 0 Å². The second-order valence-corrected chi connectivity index (χ2v) is 9.48. The lowest BCUT2D eigenvalue weighted by atomic mass is 10.1. The van der Waals surface area contributed by atoms with Crippen LogP contribution in [0.15, 0.2) is 77.7 Å². The van der Waals surface area contributed by atoms with E-state index in [-0.39, 0.29) is 5.91 Å². The average Bonchev–Trinajstić information content (AvgIpc) is 2.88. The van der Waals surface area contributed by atoms with E-state index in [0.717, 1.165) is 54.3 Å². The first-order valence-corrected chi connectivity index (χ1v) is 12.7. The molecule has 1 aliphatic rings. The van der Waals surface area contributed by atoms with Gasteiger partial charge in [-0.15, -0.1) is 0 Å². The quantitative estimate of drug-likeness (QED) is 0.394. The minimum absolute atomic E-state index is 0.128. The topological polar surface area (TPSA) is 35.6 Å². The summed E-state index contributed by atoms with van der Waals surface area (Å²) in [6.45, 7) is 7.45. The maximum atomic E-state index is 13.3.